The standard InChI is InChI=1S/C21H19NO4/c1-12(23)26-15-8-5-13(6-9-15)20-17-4-2-3-16(17)18-11-14(21(24)25)7-10-19(18)22-20/h2-3,5-11,16-17,20,22H,4H2,1H3,(H,24,25). The fraction of sp³-hybridized carbons (Fsp3) is 0.238. The van der Waals surface area contributed by atoms with E-state index in [0.717, 1.165) is 23.2 Å². The number of allylic oxidation sites excluding steroid dienone is 2. The predicted molar refractivity (Wildman–Crippen MR) is 97.5 cm³/mol. The van der Waals surface area contributed by atoms with Crippen LogP contribution in [0.1, 0.15) is 46.8 Å². The number of rotatable bonds is 3. The molecule has 26 heavy (non-hydrogen) atoms. The molecule has 3 unspecified atom stereocenters. The van der Waals surface area contributed by atoms with Crippen LogP contribution in [0, 0.1) is 5.92 Å². The summed E-state index contributed by atoms with van der Waals surface area (Å²) in [6.45, 7) is 1.38. The molecule has 0 bridgehead atoms. The van der Waals surface area contributed by atoms with Crippen molar-refractivity contribution in [3.05, 3.63) is 71.3 Å². The molecule has 1 aliphatic heterocycles. The zero-order chi connectivity index (χ0) is 18.3. The van der Waals surface area contributed by atoms with E-state index in [0.29, 0.717) is 17.2 Å². The van der Waals surface area contributed by atoms with Crippen LogP contribution in [-0.2, 0) is 4.79 Å². The molecule has 2 N–H and O–H groups in total. The molecule has 4 rings (SSSR count). The van der Waals surface area contributed by atoms with Crippen LogP contribution in [0.25, 0.3) is 0 Å². The second-order valence-electron chi connectivity index (χ2n) is 6.75. The van der Waals surface area contributed by atoms with E-state index < -0.39 is 5.97 Å². The molecule has 0 radical (unpaired) electrons. The normalized spacial score (nSPS) is 22.9. The lowest BCUT2D eigenvalue weighted by Crippen LogP contribution is -2.29. The molecule has 132 valence electrons. The van der Waals surface area contributed by atoms with E-state index >= 15 is 0 Å². The quantitative estimate of drug-likeness (QED) is 0.495. The van der Waals surface area contributed by atoms with E-state index in [1.807, 2.05) is 18.2 Å². The van der Waals surface area contributed by atoms with E-state index in [9.17, 15) is 14.7 Å². The molecule has 1 aliphatic carbocycles. The highest BCUT2D eigenvalue weighted by Gasteiger charge is 2.38. The Balaban J connectivity index is 1.67. The highest BCUT2D eigenvalue weighted by Crippen LogP contribution is 2.50. The number of fused-ring (bicyclic) bond motifs is 3. The Morgan fingerprint density at radius 2 is 1.92 bits per heavy atom. The van der Waals surface area contributed by atoms with Crippen molar-refractivity contribution in [3.8, 4) is 5.75 Å². The number of carbonyl (C=O) groups excluding carboxylic acids is 1. The van der Waals surface area contributed by atoms with Gasteiger partial charge in [0.1, 0.15) is 5.75 Å². The van der Waals surface area contributed by atoms with Gasteiger partial charge in [-0.2, -0.15) is 0 Å². The largest absolute Gasteiger partial charge is 0.478 e. The zero-order valence-electron chi connectivity index (χ0n) is 14.3. The molecule has 5 nitrogen and oxygen atoms in total. The summed E-state index contributed by atoms with van der Waals surface area (Å²) in [6.07, 6.45) is 5.28. The first-order valence-corrected chi connectivity index (χ1v) is 8.62. The average molecular weight is 349 g/mol. The molecule has 2 aromatic carbocycles. The van der Waals surface area contributed by atoms with Gasteiger partial charge in [-0.1, -0.05) is 24.3 Å². The van der Waals surface area contributed by atoms with Crippen molar-refractivity contribution in [2.75, 3.05) is 5.32 Å². The maximum Gasteiger partial charge on any atom is 0.335 e. The number of benzene rings is 2. The molecule has 0 aromatic heterocycles. The van der Waals surface area contributed by atoms with Crippen molar-refractivity contribution in [1.29, 1.82) is 0 Å². The Morgan fingerprint density at radius 3 is 2.62 bits per heavy atom. The summed E-state index contributed by atoms with van der Waals surface area (Å²) in [5, 5.41) is 12.8. The number of carbonyl (C=O) groups is 2. The van der Waals surface area contributed by atoms with Crippen molar-refractivity contribution in [2.45, 2.75) is 25.3 Å². The van der Waals surface area contributed by atoms with E-state index in [1.54, 1.807) is 24.3 Å². The molecule has 2 aromatic rings. The number of aromatic carboxylic acids is 1. The number of anilines is 1. The number of nitrogens with one attached hydrogen (secondary N) is 1. The number of hydrogen-bond acceptors (Lipinski definition) is 4. The van der Waals surface area contributed by atoms with Crippen molar-refractivity contribution >= 4 is 17.6 Å². The summed E-state index contributed by atoms with van der Waals surface area (Å²) in [5.41, 5.74) is 3.44. The van der Waals surface area contributed by atoms with Crippen LogP contribution in [0.15, 0.2) is 54.6 Å². The first kappa shape index (κ1) is 16.4. The van der Waals surface area contributed by atoms with Gasteiger partial charge in [-0.15, -0.1) is 0 Å². The molecule has 0 amide bonds. The van der Waals surface area contributed by atoms with Gasteiger partial charge >= 0.3 is 11.9 Å². The minimum absolute atomic E-state index is 0.115. The van der Waals surface area contributed by atoms with Crippen LogP contribution < -0.4 is 10.1 Å². The lowest BCUT2D eigenvalue weighted by atomic mass is 9.76. The number of carboxylic acids is 1. The summed E-state index contributed by atoms with van der Waals surface area (Å²) in [7, 11) is 0. The summed E-state index contributed by atoms with van der Waals surface area (Å²) < 4.78 is 5.11. The minimum atomic E-state index is -0.908. The molecule has 3 atom stereocenters. The van der Waals surface area contributed by atoms with E-state index in [1.165, 1.54) is 6.92 Å². The van der Waals surface area contributed by atoms with Crippen LogP contribution >= 0.6 is 0 Å². The van der Waals surface area contributed by atoms with Gasteiger partial charge in [0, 0.05) is 18.5 Å². The van der Waals surface area contributed by atoms with Crippen molar-refractivity contribution < 1.29 is 19.4 Å². The Bertz CT molecular complexity index is 901. The third-order valence-corrected chi connectivity index (χ3v) is 5.11. The zero-order valence-corrected chi connectivity index (χ0v) is 14.3. The molecular weight excluding hydrogens is 330 g/mol. The van der Waals surface area contributed by atoms with E-state index in [-0.39, 0.29) is 17.9 Å². The lowest BCUT2D eigenvalue weighted by Gasteiger charge is -2.37. The maximum absolute atomic E-state index is 11.3. The Kier molecular flexibility index (Phi) is 3.99. The van der Waals surface area contributed by atoms with Gasteiger partial charge in [-0.25, -0.2) is 4.79 Å². The van der Waals surface area contributed by atoms with Gasteiger partial charge in [0.2, 0.25) is 0 Å². The molecule has 0 saturated heterocycles. The van der Waals surface area contributed by atoms with Gasteiger partial charge in [0.05, 0.1) is 11.6 Å². The Hall–Kier alpha value is -3.08. The van der Waals surface area contributed by atoms with Gasteiger partial charge in [-0.3, -0.25) is 4.79 Å². The summed E-state index contributed by atoms with van der Waals surface area (Å²) in [4.78, 5) is 22.4. The first-order chi connectivity index (χ1) is 12.5. The fourth-order valence-corrected chi connectivity index (χ4v) is 3.97. The predicted octanol–water partition coefficient (Wildman–Crippen LogP) is 4.14. The molecule has 1 heterocycles. The highest BCUT2D eigenvalue weighted by atomic mass is 16.5. The van der Waals surface area contributed by atoms with Crippen molar-refractivity contribution in [3.63, 3.8) is 0 Å². The van der Waals surface area contributed by atoms with E-state index in [2.05, 4.69) is 17.5 Å². The van der Waals surface area contributed by atoms with Crippen LogP contribution in [-0.4, -0.2) is 17.0 Å². The Labute approximate surface area is 151 Å². The van der Waals surface area contributed by atoms with Crippen LogP contribution in [0.5, 0.6) is 5.75 Å². The first-order valence-electron chi connectivity index (χ1n) is 8.62. The topological polar surface area (TPSA) is 75.6 Å². The fourth-order valence-electron chi connectivity index (χ4n) is 3.97. The number of esters is 1. The van der Waals surface area contributed by atoms with Crippen LogP contribution in [0.4, 0.5) is 5.69 Å². The summed E-state index contributed by atoms with van der Waals surface area (Å²) >= 11 is 0. The SMILES string of the molecule is CC(=O)Oc1ccc(C2Nc3ccc(C(=O)O)cc3C3C=CCC32)cc1. The highest BCUT2D eigenvalue weighted by molar-refractivity contribution is 5.89. The van der Waals surface area contributed by atoms with E-state index in [4.69, 9.17) is 4.74 Å². The van der Waals surface area contributed by atoms with Gasteiger partial charge < -0.3 is 15.2 Å². The summed E-state index contributed by atoms with van der Waals surface area (Å²) in [6, 6.07) is 12.9. The number of hydrogen-bond donors (Lipinski definition) is 2. The second-order valence-corrected chi connectivity index (χ2v) is 6.75. The van der Waals surface area contributed by atoms with Gasteiger partial charge in [0.15, 0.2) is 0 Å². The van der Waals surface area contributed by atoms with Gasteiger partial charge in [-0.05, 0) is 53.8 Å². The molecule has 0 fully saturated rings. The van der Waals surface area contributed by atoms with Crippen LogP contribution in [0.3, 0.4) is 0 Å². The summed E-state index contributed by atoms with van der Waals surface area (Å²) in [5.74, 6) is -0.189. The Morgan fingerprint density at radius 1 is 1.15 bits per heavy atom. The monoisotopic (exact) mass is 349 g/mol. The third kappa shape index (κ3) is 2.86. The molecule has 0 spiro atoms. The second kappa shape index (κ2) is 6.33. The smallest absolute Gasteiger partial charge is 0.335 e. The number of carboxylic acid groups (broad SMARTS) is 1. The van der Waals surface area contributed by atoms with Crippen molar-refractivity contribution in [2.24, 2.45) is 5.92 Å². The van der Waals surface area contributed by atoms with Crippen LogP contribution in [0.2, 0.25) is 0 Å². The van der Waals surface area contributed by atoms with Crippen molar-refractivity contribution in [1.82, 2.24) is 0 Å². The van der Waals surface area contributed by atoms with Gasteiger partial charge in [0.25, 0.3) is 0 Å². The number of ether oxygens (including phenoxy) is 1. The third-order valence-electron chi connectivity index (χ3n) is 5.11. The molecule has 2 aliphatic rings. The lowest BCUT2D eigenvalue weighted by molar-refractivity contribution is -0.131. The minimum Gasteiger partial charge on any atom is -0.478 e. The molecular formula is C21H19NO4. The average Bonchev–Trinajstić information content (AvgIpc) is 3.11. The maximum atomic E-state index is 11.3. The molecule has 0 saturated carbocycles. The molecule has 5 heteroatoms.